The number of fused-ring (bicyclic) bond motifs is 6. The van der Waals surface area contributed by atoms with Crippen LogP contribution in [-0.2, 0) is 19.5 Å². The molecule has 0 fully saturated rings. The maximum absolute atomic E-state index is 4.18. The lowest BCUT2D eigenvalue weighted by Gasteiger charge is -1.93. The lowest BCUT2D eigenvalue weighted by atomic mass is 10.1. The summed E-state index contributed by atoms with van der Waals surface area (Å²) in [5, 5.41) is 25.3. The van der Waals surface area contributed by atoms with Crippen molar-refractivity contribution in [3.63, 3.8) is 0 Å². The van der Waals surface area contributed by atoms with Gasteiger partial charge in [0.15, 0.2) is 5.82 Å². The highest BCUT2D eigenvalue weighted by molar-refractivity contribution is 5.84. The van der Waals surface area contributed by atoms with Crippen molar-refractivity contribution in [1.82, 2.24) is 65.0 Å². The van der Waals surface area contributed by atoms with Crippen molar-refractivity contribution in [2.75, 3.05) is 13.1 Å². The van der Waals surface area contributed by atoms with Gasteiger partial charge in [-0.2, -0.15) is 25.5 Å². The molecule has 696 valence electrons. The van der Waals surface area contributed by atoms with Gasteiger partial charge in [0.1, 0.15) is 18.6 Å². The Kier molecular flexibility index (Phi) is 120. The summed E-state index contributed by atoms with van der Waals surface area (Å²) in [6, 6.07) is 58.0. The molecule has 2 aliphatic carbocycles. The van der Waals surface area contributed by atoms with E-state index in [2.05, 4.69) is 198 Å². The third kappa shape index (κ3) is 78.8. The summed E-state index contributed by atoms with van der Waals surface area (Å²) < 4.78 is 0. The Morgan fingerprint density at radius 2 is 0.767 bits per heavy atom. The molecule has 0 saturated heterocycles. The lowest BCUT2D eigenvalue weighted by molar-refractivity contribution is 0.994. The van der Waals surface area contributed by atoms with E-state index in [4.69, 9.17) is 0 Å². The first kappa shape index (κ1) is 131. The number of para-hydroxylation sites is 3. The second-order valence-electron chi connectivity index (χ2n) is 20.2. The molecule has 7 aliphatic rings. The molecule has 0 unspecified atom stereocenters. The fourth-order valence-corrected chi connectivity index (χ4v) is 8.23. The number of hydrogen-bond acceptors (Lipinski definition) is 20. The fraction of sp³-hybridized carbons (Fsp3) is 0.321. The largest absolute Gasteiger partial charge is 0.289 e. The SMILES string of the molecule is C1=CCC=C1.C1=CCN=C1.C1=CN=CC1.C1=CN=NC1.C1=Cc2ccccc2C1.C1=NCc2ccccc21.CC.CC.CC.CC.CC.CC.CC.CC.CC.CC.CC.CC.CC.CC.c1ccc2cnccc2c1.c1ccc2ncccc2c1.c1ccc2nccnc2c1.c1ccncc1.c1ccnnc1.c1cnc2c(n1)CN=N2.c1cnccn1.c1cncnc1. The molecule has 5 aliphatic heterocycles. The first-order valence-electron chi connectivity index (χ1n) is 46.2. The van der Waals surface area contributed by atoms with E-state index in [1.165, 1.54) is 44.7 Å². The van der Waals surface area contributed by atoms with Crippen LogP contribution in [0, 0.1) is 0 Å². The van der Waals surface area contributed by atoms with Crippen LogP contribution in [0.4, 0.5) is 5.82 Å². The van der Waals surface area contributed by atoms with E-state index in [9.17, 15) is 0 Å². The van der Waals surface area contributed by atoms with E-state index in [-0.39, 0.29) is 0 Å². The molecule has 8 aromatic heterocycles. The van der Waals surface area contributed by atoms with Crippen LogP contribution in [0.2, 0.25) is 0 Å². The summed E-state index contributed by atoms with van der Waals surface area (Å²) in [6.07, 6.45) is 63.4. The van der Waals surface area contributed by atoms with Crippen molar-refractivity contribution in [1.29, 1.82) is 0 Å². The molecule has 20 nitrogen and oxygen atoms in total. The van der Waals surface area contributed by atoms with E-state index in [0.29, 0.717) is 12.4 Å². The minimum absolute atomic E-state index is 0.586. The molecular formula is C109H160N20. The number of nitrogens with zero attached hydrogens (tertiary/aromatic N) is 20. The molecule has 129 heavy (non-hydrogen) atoms. The van der Waals surface area contributed by atoms with E-state index in [0.717, 1.165) is 61.1 Å². The zero-order chi connectivity index (χ0) is 97.9. The molecule has 0 spiro atoms. The summed E-state index contributed by atoms with van der Waals surface area (Å²) in [7, 11) is 0. The Hall–Kier alpha value is -13.6. The van der Waals surface area contributed by atoms with Crippen LogP contribution < -0.4 is 0 Å². The maximum atomic E-state index is 4.18. The van der Waals surface area contributed by atoms with Gasteiger partial charge in [-0.15, -0.1) is 5.11 Å². The van der Waals surface area contributed by atoms with Crippen LogP contribution >= 0.6 is 0 Å². The van der Waals surface area contributed by atoms with Crippen LogP contribution in [0.1, 0.15) is 235 Å². The van der Waals surface area contributed by atoms with Gasteiger partial charge in [-0.3, -0.25) is 54.8 Å². The van der Waals surface area contributed by atoms with Crippen molar-refractivity contribution in [3.8, 4) is 0 Å². The molecule has 13 aromatic rings. The third-order valence-corrected chi connectivity index (χ3v) is 13.0. The van der Waals surface area contributed by atoms with Crippen LogP contribution in [0.25, 0.3) is 38.8 Å². The molecule has 0 radical (unpaired) electrons. The Balaban J connectivity index is -0.000000200. The van der Waals surface area contributed by atoms with Crippen molar-refractivity contribution >= 4 is 63.2 Å². The average Bonchev–Trinajstić information content (AvgIpc) is 1.25. The van der Waals surface area contributed by atoms with Crippen LogP contribution in [0.3, 0.4) is 0 Å². The molecule has 5 aromatic carbocycles. The Labute approximate surface area is 781 Å². The predicted octanol–water partition coefficient (Wildman–Crippen LogP) is 32.0. The monoisotopic (exact) mass is 1750 g/mol. The summed E-state index contributed by atoms with van der Waals surface area (Å²) >= 11 is 0. The maximum Gasteiger partial charge on any atom is 0.197 e. The molecule has 20 heteroatoms. The predicted molar refractivity (Wildman–Crippen MR) is 566 cm³/mol. The molecule has 0 amide bonds. The molecule has 0 bridgehead atoms. The summed E-state index contributed by atoms with van der Waals surface area (Å²) in [6.45, 7) is 59.1. The summed E-state index contributed by atoms with van der Waals surface area (Å²) in [4.78, 5) is 54.7. The Morgan fingerprint density at radius 3 is 1.16 bits per heavy atom. The highest BCUT2D eigenvalue weighted by Gasteiger charge is 2.08. The minimum atomic E-state index is 0.586. The van der Waals surface area contributed by atoms with Gasteiger partial charge in [-0.1, -0.05) is 358 Å². The molecular weight excluding hydrogens is 1590 g/mol. The zero-order valence-corrected chi connectivity index (χ0v) is 83.7. The van der Waals surface area contributed by atoms with E-state index < -0.39 is 0 Å². The van der Waals surface area contributed by atoms with Gasteiger partial charge in [-0.05, 0) is 119 Å². The number of allylic oxidation sites excluding steroid dienone is 7. The second kappa shape index (κ2) is 119. The first-order chi connectivity index (χ1) is 64.3. The normalized spacial score (nSPS) is 10.1. The highest BCUT2D eigenvalue weighted by Crippen LogP contribution is 2.20. The van der Waals surface area contributed by atoms with Gasteiger partial charge in [0.2, 0.25) is 0 Å². The molecule has 0 N–H and O–H groups in total. The molecule has 20 rings (SSSR count). The number of azo groups is 2. The van der Waals surface area contributed by atoms with Crippen molar-refractivity contribution < 1.29 is 0 Å². The zero-order valence-electron chi connectivity index (χ0n) is 83.7. The van der Waals surface area contributed by atoms with Crippen molar-refractivity contribution in [2.45, 2.75) is 226 Å². The Bertz CT molecular complexity index is 3810. The van der Waals surface area contributed by atoms with E-state index in [1.807, 2.05) is 358 Å². The number of aliphatic imine (C=N–C) groups is 3. The fourth-order valence-electron chi connectivity index (χ4n) is 8.23. The lowest BCUT2D eigenvalue weighted by Crippen LogP contribution is -1.83. The highest BCUT2D eigenvalue weighted by atomic mass is 15.2. The van der Waals surface area contributed by atoms with Gasteiger partial charge >= 0.3 is 0 Å². The van der Waals surface area contributed by atoms with Gasteiger partial charge in [0, 0.05) is 148 Å². The van der Waals surface area contributed by atoms with Crippen molar-refractivity contribution in [2.24, 2.45) is 35.4 Å². The van der Waals surface area contributed by atoms with Crippen LogP contribution in [-0.4, -0.2) is 96.8 Å². The quantitative estimate of drug-likeness (QED) is 0.137. The van der Waals surface area contributed by atoms with Crippen molar-refractivity contribution in [3.05, 3.63) is 383 Å². The molecule has 13 heterocycles. The standard InChI is InChI=1S/2C9H7N.C9H8.C8H6N2.C8H7N.C5H4N4.C5H5N.C5H6.3C4H4N2.2C4H5N.C3H4N2.14C2H6/c1-2-6-9-8(4-1)5-3-7-10-9;1-2-4-9-7-10-6-5-8(9)3-1;1-2-5-9-7-3-6-8(9)4-1;1-2-4-8-7(3-1)9-5-6-10-8;1-2-4-8-6-9-5-7(8)3-1;1-2-7-5-4(6-1)3-8-9-5;1-2-4-6-5-3-1;1-2-4-5-3-1;1-2-6-4-3-5-1;1-2-5-4-6-3-1;1-2-4-6-5-3-1;3*1-2-4-5-3-1;14*1-2/h2*1-7H;1-6H,7H2;1-6H;1-5H,6H2;1-2H,3H2;1-5H;1-4H,5H2;3*1-4H;1,3-4H,2H2;1-3H,4H2;1-2H,3H2;14*1-2H3. The van der Waals surface area contributed by atoms with Gasteiger partial charge in [-0.25, -0.2) is 15.0 Å². The van der Waals surface area contributed by atoms with Crippen LogP contribution in [0.5, 0.6) is 0 Å². The van der Waals surface area contributed by atoms with Gasteiger partial charge in [0.25, 0.3) is 0 Å². The number of pyridine rings is 3. The number of hydrogen-bond donors (Lipinski definition) is 0. The first-order valence-corrected chi connectivity index (χ1v) is 46.2. The van der Waals surface area contributed by atoms with E-state index in [1.54, 1.807) is 111 Å². The smallest absolute Gasteiger partial charge is 0.197 e. The second-order valence-corrected chi connectivity index (χ2v) is 20.2. The van der Waals surface area contributed by atoms with E-state index >= 15 is 0 Å². The van der Waals surface area contributed by atoms with Gasteiger partial charge < -0.3 is 0 Å². The van der Waals surface area contributed by atoms with Crippen LogP contribution in [0.15, 0.2) is 390 Å². The molecule has 0 atom stereocenters. The number of rotatable bonds is 0. The van der Waals surface area contributed by atoms with Gasteiger partial charge in [0.05, 0.1) is 36.2 Å². The number of benzene rings is 5. The third-order valence-electron chi connectivity index (χ3n) is 13.0. The minimum Gasteiger partial charge on any atom is -0.289 e. The summed E-state index contributed by atoms with van der Waals surface area (Å²) in [5.74, 6) is 0.664. The Morgan fingerprint density at radius 1 is 0.279 bits per heavy atom. The topological polar surface area (TPSA) is 254 Å². The molecule has 0 saturated carbocycles. The average molecular weight is 1750 g/mol. The number of aromatic nitrogens is 13. The summed E-state index contributed by atoms with van der Waals surface area (Å²) in [5.41, 5.74) is 9.29.